The zero-order valence-electron chi connectivity index (χ0n) is 16.7. The molecular weight excluding hydrogens is 344 g/mol. The van der Waals surface area contributed by atoms with Crippen LogP contribution < -0.4 is 18.9 Å². The molecule has 0 bridgehead atoms. The Labute approximate surface area is 161 Å². The molecule has 0 aliphatic rings. The summed E-state index contributed by atoms with van der Waals surface area (Å²) in [5.41, 5.74) is 1.56. The van der Waals surface area contributed by atoms with Gasteiger partial charge in [0.1, 0.15) is 31.0 Å². The van der Waals surface area contributed by atoms with Crippen molar-refractivity contribution in [3.8, 4) is 23.0 Å². The molecule has 27 heavy (non-hydrogen) atoms. The van der Waals surface area contributed by atoms with Gasteiger partial charge in [-0.25, -0.2) is 0 Å². The molecule has 0 aromatic heterocycles. The van der Waals surface area contributed by atoms with Gasteiger partial charge in [-0.3, -0.25) is 4.79 Å². The molecule has 0 aliphatic carbocycles. The van der Waals surface area contributed by atoms with Crippen LogP contribution in [0.3, 0.4) is 0 Å². The third kappa shape index (κ3) is 5.64. The zero-order chi connectivity index (χ0) is 19.9. The maximum absolute atomic E-state index is 10.9. The predicted octanol–water partition coefficient (Wildman–Crippen LogP) is 4.66. The first-order valence-corrected chi connectivity index (χ1v) is 9.05. The van der Waals surface area contributed by atoms with Crippen molar-refractivity contribution < 1.29 is 23.7 Å². The minimum absolute atomic E-state index is 0.0719. The number of carbonyl (C=O) groups is 1. The largest absolute Gasteiger partial charge is 0.497 e. The van der Waals surface area contributed by atoms with E-state index in [1.807, 2.05) is 25.1 Å². The summed E-state index contributed by atoms with van der Waals surface area (Å²) in [5, 5.41) is 0. The standard InChI is InChI=1S/C22H28O5/c1-6-25-21-13-16(15-23)7-9-20(21)27-12-11-26-19-10-8-17(24-5)14-18(19)22(2,3)4/h7-10,13-15H,6,11-12H2,1-5H3. The van der Waals surface area contributed by atoms with Gasteiger partial charge in [0.05, 0.1) is 13.7 Å². The lowest BCUT2D eigenvalue weighted by atomic mass is 9.86. The minimum atomic E-state index is -0.0719. The van der Waals surface area contributed by atoms with Crippen molar-refractivity contribution in [2.24, 2.45) is 0 Å². The topological polar surface area (TPSA) is 54.0 Å². The Kier molecular flexibility index (Phi) is 7.11. The predicted molar refractivity (Wildman–Crippen MR) is 106 cm³/mol. The lowest BCUT2D eigenvalue weighted by Crippen LogP contribution is -2.16. The number of hydrogen-bond donors (Lipinski definition) is 0. The van der Waals surface area contributed by atoms with Crippen LogP contribution >= 0.6 is 0 Å². The Balaban J connectivity index is 2.02. The van der Waals surface area contributed by atoms with E-state index in [0.29, 0.717) is 36.9 Å². The van der Waals surface area contributed by atoms with Crippen molar-refractivity contribution in [3.63, 3.8) is 0 Å². The average Bonchev–Trinajstić information content (AvgIpc) is 2.65. The number of rotatable bonds is 9. The monoisotopic (exact) mass is 372 g/mol. The molecule has 0 saturated carbocycles. The fraction of sp³-hybridized carbons (Fsp3) is 0.409. The molecule has 0 saturated heterocycles. The molecule has 5 nitrogen and oxygen atoms in total. The summed E-state index contributed by atoms with van der Waals surface area (Å²) in [5.74, 6) is 2.77. The summed E-state index contributed by atoms with van der Waals surface area (Å²) >= 11 is 0. The van der Waals surface area contributed by atoms with E-state index in [4.69, 9.17) is 18.9 Å². The fourth-order valence-electron chi connectivity index (χ4n) is 2.64. The average molecular weight is 372 g/mol. The molecule has 0 fully saturated rings. The molecule has 0 radical (unpaired) electrons. The Morgan fingerprint density at radius 2 is 1.56 bits per heavy atom. The van der Waals surface area contributed by atoms with Gasteiger partial charge in [-0.05, 0) is 48.7 Å². The van der Waals surface area contributed by atoms with Gasteiger partial charge < -0.3 is 18.9 Å². The number of hydrogen-bond acceptors (Lipinski definition) is 5. The quantitative estimate of drug-likeness (QED) is 0.473. The highest BCUT2D eigenvalue weighted by molar-refractivity contribution is 5.76. The van der Waals surface area contributed by atoms with Crippen LogP contribution in [0.5, 0.6) is 23.0 Å². The summed E-state index contributed by atoms with van der Waals surface area (Å²) in [6.07, 6.45) is 0.785. The van der Waals surface area contributed by atoms with E-state index in [0.717, 1.165) is 23.3 Å². The summed E-state index contributed by atoms with van der Waals surface area (Å²) in [6.45, 7) is 9.52. The van der Waals surface area contributed by atoms with E-state index in [2.05, 4.69) is 20.8 Å². The second kappa shape index (κ2) is 9.31. The molecule has 5 heteroatoms. The number of carbonyl (C=O) groups excluding carboxylic acids is 1. The number of benzene rings is 2. The Morgan fingerprint density at radius 1 is 0.889 bits per heavy atom. The number of ether oxygens (including phenoxy) is 4. The highest BCUT2D eigenvalue weighted by Gasteiger charge is 2.20. The van der Waals surface area contributed by atoms with Gasteiger partial charge in [-0.15, -0.1) is 0 Å². The van der Waals surface area contributed by atoms with Crippen LogP contribution in [0.4, 0.5) is 0 Å². The Bertz CT molecular complexity index is 762. The fourth-order valence-corrected chi connectivity index (χ4v) is 2.64. The van der Waals surface area contributed by atoms with E-state index < -0.39 is 0 Å². The van der Waals surface area contributed by atoms with Crippen molar-refractivity contribution in [1.82, 2.24) is 0 Å². The van der Waals surface area contributed by atoms with Crippen molar-refractivity contribution >= 4 is 6.29 Å². The number of methoxy groups -OCH3 is 1. The molecule has 0 N–H and O–H groups in total. The molecule has 2 rings (SSSR count). The van der Waals surface area contributed by atoms with E-state index in [1.54, 1.807) is 25.3 Å². The van der Waals surface area contributed by atoms with Crippen LogP contribution in [0.15, 0.2) is 36.4 Å². The minimum Gasteiger partial charge on any atom is -0.497 e. The van der Waals surface area contributed by atoms with Crippen LogP contribution in [0.25, 0.3) is 0 Å². The van der Waals surface area contributed by atoms with Crippen LogP contribution in [-0.2, 0) is 5.41 Å². The lowest BCUT2D eigenvalue weighted by molar-refractivity contribution is 0.112. The molecule has 0 atom stereocenters. The molecular formula is C22H28O5. The van der Waals surface area contributed by atoms with Crippen molar-refractivity contribution in [2.45, 2.75) is 33.1 Å². The maximum atomic E-state index is 10.9. The molecule has 2 aromatic carbocycles. The smallest absolute Gasteiger partial charge is 0.161 e. The van der Waals surface area contributed by atoms with Gasteiger partial charge in [0.15, 0.2) is 11.5 Å². The van der Waals surface area contributed by atoms with Crippen LogP contribution in [0.2, 0.25) is 0 Å². The normalized spacial score (nSPS) is 11.0. The number of aldehydes is 1. The molecule has 0 aliphatic heterocycles. The lowest BCUT2D eigenvalue weighted by Gasteiger charge is -2.23. The van der Waals surface area contributed by atoms with Crippen LogP contribution in [0.1, 0.15) is 43.6 Å². The second-order valence-corrected chi connectivity index (χ2v) is 7.07. The van der Waals surface area contributed by atoms with E-state index >= 15 is 0 Å². The Morgan fingerprint density at radius 3 is 2.15 bits per heavy atom. The van der Waals surface area contributed by atoms with Gasteiger partial charge in [0.25, 0.3) is 0 Å². The van der Waals surface area contributed by atoms with E-state index in [-0.39, 0.29) is 5.41 Å². The summed E-state index contributed by atoms with van der Waals surface area (Å²) < 4.78 is 22.6. The van der Waals surface area contributed by atoms with Gasteiger partial charge in [0.2, 0.25) is 0 Å². The van der Waals surface area contributed by atoms with Gasteiger partial charge in [-0.2, -0.15) is 0 Å². The van der Waals surface area contributed by atoms with E-state index in [9.17, 15) is 4.79 Å². The molecule has 0 heterocycles. The third-order valence-electron chi connectivity index (χ3n) is 4.00. The zero-order valence-corrected chi connectivity index (χ0v) is 16.7. The Hall–Kier alpha value is -2.69. The van der Waals surface area contributed by atoms with Gasteiger partial charge >= 0.3 is 0 Å². The van der Waals surface area contributed by atoms with Gasteiger partial charge in [-0.1, -0.05) is 20.8 Å². The van der Waals surface area contributed by atoms with Crippen molar-refractivity contribution in [3.05, 3.63) is 47.5 Å². The molecule has 0 spiro atoms. The molecule has 2 aromatic rings. The van der Waals surface area contributed by atoms with Crippen LogP contribution in [-0.4, -0.2) is 33.2 Å². The van der Waals surface area contributed by atoms with Crippen molar-refractivity contribution in [2.75, 3.05) is 26.9 Å². The molecule has 146 valence electrons. The van der Waals surface area contributed by atoms with E-state index in [1.165, 1.54) is 0 Å². The highest BCUT2D eigenvalue weighted by Crippen LogP contribution is 2.34. The first-order chi connectivity index (χ1) is 12.9. The highest BCUT2D eigenvalue weighted by atomic mass is 16.5. The first-order valence-electron chi connectivity index (χ1n) is 9.05. The molecule has 0 amide bonds. The van der Waals surface area contributed by atoms with Crippen molar-refractivity contribution in [1.29, 1.82) is 0 Å². The SMILES string of the molecule is CCOc1cc(C=O)ccc1OCCOc1ccc(OC)cc1C(C)(C)C. The summed E-state index contributed by atoms with van der Waals surface area (Å²) in [4.78, 5) is 10.9. The van der Waals surface area contributed by atoms with Crippen LogP contribution in [0, 0.1) is 0 Å². The second-order valence-electron chi connectivity index (χ2n) is 7.07. The van der Waals surface area contributed by atoms with Gasteiger partial charge in [0, 0.05) is 11.1 Å². The third-order valence-corrected chi connectivity index (χ3v) is 4.00. The maximum Gasteiger partial charge on any atom is 0.161 e. The summed E-state index contributed by atoms with van der Waals surface area (Å²) in [6, 6.07) is 10.9. The first kappa shape index (κ1) is 20.6. The summed E-state index contributed by atoms with van der Waals surface area (Å²) in [7, 11) is 1.65. The molecule has 0 unspecified atom stereocenters.